The average molecular weight is 438 g/mol. The number of rotatable bonds is 4. The van der Waals surface area contributed by atoms with Gasteiger partial charge in [0, 0.05) is 4.47 Å². The first-order valence-electron chi connectivity index (χ1n) is 4.07. The van der Waals surface area contributed by atoms with Gasteiger partial charge in [-0.15, -0.1) is 0 Å². The van der Waals surface area contributed by atoms with Gasteiger partial charge in [0.15, 0.2) is 0 Å². The van der Waals surface area contributed by atoms with Crippen LogP contribution >= 0.6 is 47.8 Å². The summed E-state index contributed by atoms with van der Waals surface area (Å²) >= 11 is 9.94. The summed E-state index contributed by atoms with van der Waals surface area (Å²) in [6.07, 6.45) is 0. The van der Waals surface area contributed by atoms with Crippen LogP contribution in [0.2, 0.25) is 0 Å². The number of halogens is 3. The van der Waals surface area contributed by atoms with Gasteiger partial charge in [-0.3, -0.25) is 0 Å². The summed E-state index contributed by atoms with van der Waals surface area (Å²) in [5.74, 6) is 0.328. The SMILES string of the molecule is NS(=O)(=O)CCOc1c(Br)cc(Br)cc1Br. The summed E-state index contributed by atoms with van der Waals surface area (Å²) in [4.78, 5) is 0. The molecule has 0 aliphatic rings. The fourth-order valence-corrected chi connectivity index (χ4v) is 3.73. The van der Waals surface area contributed by atoms with Gasteiger partial charge in [-0.25, -0.2) is 13.6 Å². The Morgan fingerprint density at radius 1 is 1.19 bits per heavy atom. The molecule has 16 heavy (non-hydrogen) atoms. The van der Waals surface area contributed by atoms with Gasteiger partial charge in [-0.05, 0) is 44.0 Å². The van der Waals surface area contributed by atoms with Gasteiger partial charge in [0.2, 0.25) is 10.0 Å². The highest BCUT2D eigenvalue weighted by Crippen LogP contribution is 2.36. The van der Waals surface area contributed by atoms with Crippen molar-refractivity contribution >= 4 is 57.8 Å². The maximum Gasteiger partial charge on any atom is 0.212 e. The van der Waals surface area contributed by atoms with Gasteiger partial charge in [-0.1, -0.05) is 15.9 Å². The van der Waals surface area contributed by atoms with Crippen LogP contribution in [-0.2, 0) is 10.0 Å². The number of nitrogens with two attached hydrogens (primary N) is 1. The van der Waals surface area contributed by atoms with Crippen LogP contribution in [0.15, 0.2) is 25.6 Å². The molecule has 0 unspecified atom stereocenters. The molecule has 0 amide bonds. The monoisotopic (exact) mass is 435 g/mol. The number of hydrogen-bond donors (Lipinski definition) is 1. The molecule has 0 spiro atoms. The third kappa shape index (κ3) is 4.70. The Hall–Kier alpha value is 0.370. The molecule has 2 N–H and O–H groups in total. The van der Waals surface area contributed by atoms with Crippen molar-refractivity contribution in [1.29, 1.82) is 0 Å². The van der Waals surface area contributed by atoms with E-state index in [0.717, 1.165) is 13.4 Å². The Morgan fingerprint density at radius 3 is 2.12 bits per heavy atom. The van der Waals surface area contributed by atoms with Crippen LogP contribution in [0, 0.1) is 0 Å². The van der Waals surface area contributed by atoms with Crippen molar-refractivity contribution in [3.05, 3.63) is 25.6 Å². The first kappa shape index (κ1) is 14.4. The predicted octanol–water partition coefficient (Wildman–Crippen LogP) is 2.64. The van der Waals surface area contributed by atoms with Gasteiger partial charge >= 0.3 is 0 Å². The molecule has 0 saturated heterocycles. The highest BCUT2D eigenvalue weighted by Gasteiger charge is 2.09. The van der Waals surface area contributed by atoms with E-state index < -0.39 is 10.0 Å². The van der Waals surface area contributed by atoms with E-state index in [1.54, 1.807) is 12.1 Å². The summed E-state index contributed by atoms with van der Waals surface area (Å²) in [6, 6.07) is 3.61. The third-order valence-corrected chi connectivity index (χ3v) is 3.95. The molecule has 0 atom stereocenters. The topological polar surface area (TPSA) is 69.4 Å². The van der Waals surface area contributed by atoms with Gasteiger partial charge in [0.25, 0.3) is 0 Å². The quantitative estimate of drug-likeness (QED) is 0.787. The fourth-order valence-electron chi connectivity index (χ4n) is 0.927. The number of sulfonamides is 1. The van der Waals surface area contributed by atoms with Crippen LogP contribution < -0.4 is 9.88 Å². The van der Waals surface area contributed by atoms with Crippen LogP contribution in [0.1, 0.15) is 0 Å². The number of benzene rings is 1. The predicted molar refractivity (Wildman–Crippen MR) is 73.0 cm³/mol. The molecule has 0 bridgehead atoms. The van der Waals surface area contributed by atoms with Crippen molar-refractivity contribution < 1.29 is 13.2 Å². The average Bonchev–Trinajstić information content (AvgIpc) is 2.07. The van der Waals surface area contributed by atoms with Gasteiger partial charge < -0.3 is 4.74 Å². The number of ether oxygens (including phenoxy) is 1. The zero-order valence-electron chi connectivity index (χ0n) is 7.91. The van der Waals surface area contributed by atoms with E-state index in [9.17, 15) is 8.42 Å². The van der Waals surface area contributed by atoms with Gasteiger partial charge in [-0.2, -0.15) is 0 Å². The molecular weight excluding hydrogens is 430 g/mol. The van der Waals surface area contributed by atoms with Crippen LogP contribution in [-0.4, -0.2) is 20.8 Å². The van der Waals surface area contributed by atoms with Crippen molar-refractivity contribution in [1.82, 2.24) is 0 Å². The van der Waals surface area contributed by atoms with Crippen molar-refractivity contribution in [3.63, 3.8) is 0 Å². The second-order valence-corrected chi connectivity index (χ2v) is 7.27. The second kappa shape index (κ2) is 5.81. The lowest BCUT2D eigenvalue weighted by molar-refractivity contribution is 0.336. The minimum Gasteiger partial charge on any atom is -0.490 e. The lowest BCUT2D eigenvalue weighted by Gasteiger charge is -2.10. The molecule has 0 saturated carbocycles. The minimum atomic E-state index is -3.49. The van der Waals surface area contributed by atoms with E-state index in [1.807, 2.05) is 0 Å². The molecule has 1 aromatic rings. The van der Waals surface area contributed by atoms with E-state index in [4.69, 9.17) is 9.88 Å². The number of hydrogen-bond acceptors (Lipinski definition) is 3. The summed E-state index contributed by atoms with van der Waals surface area (Å²) in [5.41, 5.74) is 0. The molecule has 0 heterocycles. The van der Waals surface area contributed by atoms with Gasteiger partial charge in [0.05, 0.1) is 14.7 Å². The molecule has 90 valence electrons. The molecule has 8 heteroatoms. The highest BCUT2D eigenvalue weighted by atomic mass is 79.9. The van der Waals surface area contributed by atoms with Crippen molar-refractivity contribution in [2.45, 2.75) is 0 Å². The largest absolute Gasteiger partial charge is 0.490 e. The Bertz CT molecular complexity index is 466. The Morgan fingerprint density at radius 2 is 1.69 bits per heavy atom. The second-order valence-electron chi connectivity index (χ2n) is 2.91. The molecule has 0 fully saturated rings. The Balaban J connectivity index is 2.75. The Kier molecular flexibility index (Phi) is 5.24. The molecule has 0 aliphatic carbocycles. The van der Waals surface area contributed by atoms with Crippen LogP contribution in [0.4, 0.5) is 0 Å². The smallest absolute Gasteiger partial charge is 0.212 e. The fraction of sp³-hybridized carbons (Fsp3) is 0.250. The van der Waals surface area contributed by atoms with Crippen LogP contribution in [0.5, 0.6) is 5.75 Å². The molecule has 0 radical (unpaired) electrons. The number of primary sulfonamides is 1. The van der Waals surface area contributed by atoms with Crippen molar-refractivity contribution in [2.75, 3.05) is 12.4 Å². The normalized spacial score (nSPS) is 11.5. The molecule has 0 aliphatic heterocycles. The maximum absolute atomic E-state index is 10.7. The minimum absolute atomic E-state index is 0.0116. The lowest BCUT2D eigenvalue weighted by atomic mass is 10.3. The first-order valence-corrected chi connectivity index (χ1v) is 8.17. The zero-order valence-corrected chi connectivity index (χ0v) is 13.5. The van der Waals surface area contributed by atoms with E-state index in [1.165, 1.54) is 0 Å². The van der Waals surface area contributed by atoms with Crippen molar-refractivity contribution in [3.8, 4) is 5.75 Å². The molecular formula is C8H8Br3NO3S. The summed E-state index contributed by atoms with van der Waals surface area (Å²) in [5, 5.41) is 4.86. The summed E-state index contributed by atoms with van der Waals surface area (Å²) in [6.45, 7) is 0.0116. The van der Waals surface area contributed by atoms with Crippen molar-refractivity contribution in [2.24, 2.45) is 5.14 Å². The molecule has 1 rings (SSSR count). The zero-order chi connectivity index (χ0) is 12.3. The standard InChI is InChI=1S/C8H8Br3NO3S/c9-5-3-6(10)8(7(11)4-5)15-1-2-16(12,13)14/h3-4H,1-2H2,(H2,12,13,14). The van der Waals surface area contributed by atoms with E-state index in [-0.39, 0.29) is 12.4 Å². The summed E-state index contributed by atoms with van der Waals surface area (Å²) < 4.78 is 29.1. The Labute approximate surface area is 119 Å². The van der Waals surface area contributed by atoms with E-state index >= 15 is 0 Å². The van der Waals surface area contributed by atoms with Gasteiger partial charge in [0.1, 0.15) is 12.4 Å². The van der Waals surface area contributed by atoms with Crippen LogP contribution in [0.3, 0.4) is 0 Å². The van der Waals surface area contributed by atoms with E-state index in [2.05, 4.69) is 47.8 Å². The lowest BCUT2D eigenvalue weighted by Crippen LogP contribution is -2.21. The first-order chi connectivity index (χ1) is 7.29. The summed E-state index contributed by atoms with van der Waals surface area (Å²) in [7, 11) is -3.49. The highest BCUT2D eigenvalue weighted by molar-refractivity contribution is 9.11. The maximum atomic E-state index is 10.7. The van der Waals surface area contributed by atoms with Crippen LogP contribution in [0.25, 0.3) is 0 Å². The molecule has 1 aromatic carbocycles. The third-order valence-electron chi connectivity index (χ3n) is 1.58. The van der Waals surface area contributed by atoms with E-state index in [0.29, 0.717) is 5.75 Å². The molecule has 0 aromatic heterocycles. The molecule has 4 nitrogen and oxygen atoms in total.